The highest BCUT2D eigenvalue weighted by Crippen LogP contribution is 2.32. The molecule has 0 heterocycles. The summed E-state index contributed by atoms with van der Waals surface area (Å²) >= 11 is 0. The second-order valence-corrected chi connectivity index (χ2v) is 4.94. The number of ketones is 1. The molecule has 2 nitrogen and oxygen atoms in total. The minimum absolute atomic E-state index is 0.000413. The quantitative estimate of drug-likeness (QED) is 0.604. The number of carbonyl (C=O) groups excluding carboxylic acids is 1. The van der Waals surface area contributed by atoms with Gasteiger partial charge in [-0.05, 0) is 26.2 Å². The predicted octanol–water partition coefficient (Wildman–Crippen LogP) is 3.49. The van der Waals surface area contributed by atoms with Crippen molar-refractivity contribution in [3.8, 4) is 0 Å². The molecule has 0 amide bonds. The fourth-order valence-corrected chi connectivity index (χ4v) is 2.17. The molecule has 0 aromatic heterocycles. The maximum atomic E-state index is 11.5. The van der Waals surface area contributed by atoms with Gasteiger partial charge in [-0.15, -0.1) is 0 Å². The molecular weight excluding hydrogens is 188 g/mol. The summed E-state index contributed by atoms with van der Waals surface area (Å²) in [5.41, 5.74) is 0.000413. The maximum absolute atomic E-state index is 11.5. The highest BCUT2D eigenvalue weighted by molar-refractivity contribution is 5.79. The second kappa shape index (κ2) is 6.26. The van der Waals surface area contributed by atoms with Crippen molar-refractivity contribution in [1.29, 1.82) is 0 Å². The molecule has 0 atom stereocenters. The van der Waals surface area contributed by atoms with Crippen molar-refractivity contribution >= 4 is 5.78 Å². The van der Waals surface area contributed by atoms with Crippen molar-refractivity contribution in [2.45, 2.75) is 70.8 Å². The molecule has 1 saturated carbocycles. The predicted molar refractivity (Wildman–Crippen MR) is 62.0 cm³/mol. The fraction of sp³-hybridized carbons (Fsp3) is 0.923. The summed E-state index contributed by atoms with van der Waals surface area (Å²) in [4.78, 5) is 11.5. The van der Waals surface area contributed by atoms with E-state index in [4.69, 9.17) is 4.74 Å². The van der Waals surface area contributed by atoms with Crippen molar-refractivity contribution in [1.82, 2.24) is 0 Å². The summed E-state index contributed by atoms with van der Waals surface area (Å²) in [6.45, 7) is 4.63. The minimum atomic E-state index is 0.000413. The lowest BCUT2D eigenvalue weighted by Gasteiger charge is -2.23. The van der Waals surface area contributed by atoms with Crippen LogP contribution in [-0.4, -0.2) is 18.0 Å². The molecule has 1 aliphatic carbocycles. The Bertz CT molecular complexity index is 193. The summed E-state index contributed by atoms with van der Waals surface area (Å²) < 4.78 is 5.73. The lowest BCUT2D eigenvalue weighted by atomic mass is 10.1. The summed E-state index contributed by atoms with van der Waals surface area (Å²) in [5, 5.41) is 0. The van der Waals surface area contributed by atoms with E-state index in [1.165, 1.54) is 19.3 Å². The first kappa shape index (κ1) is 12.7. The average Bonchev–Trinajstić information content (AvgIpc) is 2.64. The standard InChI is InChI=1S/C13H24O2/c1-3-4-5-8-12(14)11-15-13(2)9-6-7-10-13/h3-11H2,1-2H3. The number of Topliss-reactive ketones (excluding diaryl/α,β-unsaturated/α-hetero) is 1. The Morgan fingerprint density at radius 3 is 2.53 bits per heavy atom. The van der Waals surface area contributed by atoms with E-state index in [9.17, 15) is 4.79 Å². The van der Waals surface area contributed by atoms with Gasteiger partial charge in [0.2, 0.25) is 0 Å². The summed E-state index contributed by atoms with van der Waals surface area (Å²) in [6.07, 6.45) is 8.79. The molecule has 0 aromatic rings. The van der Waals surface area contributed by atoms with Crippen molar-refractivity contribution in [3.63, 3.8) is 0 Å². The second-order valence-electron chi connectivity index (χ2n) is 4.94. The van der Waals surface area contributed by atoms with Gasteiger partial charge >= 0.3 is 0 Å². The van der Waals surface area contributed by atoms with Crippen LogP contribution in [0.25, 0.3) is 0 Å². The third-order valence-electron chi connectivity index (χ3n) is 3.30. The molecular formula is C13H24O2. The van der Waals surface area contributed by atoms with Crippen molar-refractivity contribution < 1.29 is 9.53 Å². The zero-order valence-electron chi connectivity index (χ0n) is 10.2. The van der Waals surface area contributed by atoms with Gasteiger partial charge in [-0.25, -0.2) is 0 Å². The van der Waals surface area contributed by atoms with Crippen LogP contribution < -0.4 is 0 Å². The maximum Gasteiger partial charge on any atom is 0.158 e. The number of ether oxygens (including phenoxy) is 1. The molecule has 0 aliphatic heterocycles. The third-order valence-corrected chi connectivity index (χ3v) is 3.30. The van der Waals surface area contributed by atoms with Crippen molar-refractivity contribution in [2.75, 3.05) is 6.61 Å². The van der Waals surface area contributed by atoms with Crippen LogP contribution >= 0.6 is 0 Å². The van der Waals surface area contributed by atoms with Gasteiger partial charge in [0.25, 0.3) is 0 Å². The van der Waals surface area contributed by atoms with Crippen LogP contribution in [0.1, 0.15) is 65.2 Å². The third kappa shape index (κ3) is 4.78. The fourth-order valence-electron chi connectivity index (χ4n) is 2.17. The van der Waals surface area contributed by atoms with Crippen molar-refractivity contribution in [3.05, 3.63) is 0 Å². The van der Waals surface area contributed by atoms with Gasteiger partial charge in [0.15, 0.2) is 5.78 Å². The van der Waals surface area contributed by atoms with E-state index < -0.39 is 0 Å². The summed E-state index contributed by atoms with van der Waals surface area (Å²) in [6, 6.07) is 0. The smallest absolute Gasteiger partial charge is 0.158 e. The van der Waals surface area contributed by atoms with E-state index >= 15 is 0 Å². The molecule has 0 N–H and O–H groups in total. The topological polar surface area (TPSA) is 26.3 Å². The van der Waals surface area contributed by atoms with Crippen LogP contribution in [0.4, 0.5) is 0 Å². The molecule has 0 radical (unpaired) electrons. The molecule has 0 bridgehead atoms. The van der Waals surface area contributed by atoms with E-state index in [0.29, 0.717) is 13.0 Å². The Balaban J connectivity index is 2.10. The zero-order valence-corrected chi connectivity index (χ0v) is 10.2. The van der Waals surface area contributed by atoms with Crippen LogP contribution in [0.15, 0.2) is 0 Å². The zero-order chi connectivity index (χ0) is 11.1. The van der Waals surface area contributed by atoms with Gasteiger partial charge in [-0.2, -0.15) is 0 Å². The summed E-state index contributed by atoms with van der Waals surface area (Å²) in [5.74, 6) is 0.275. The van der Waals surface area contributed by atoms with Gasteiger partial charge < -0.3 is 4.74 Å². The molecule has 0 unspecified atom stereocenters. The van der Waals surface area contributed by atoms with Gasteiger partial charge in [-0.3, -0.25) is 4.79 Å². The first-order valence-corrected chi connectivity index (χ1v) is 6.32. The average molecular weight is 212 g/mol. The van der Waals surface area contributed by atoms with E-state index in [1.54, 1.807) is 0 Å². The number of unbranched alkanes of at least 4 members (excludes halogenated alkanes) is 2. The number of carbonyl (C=O) groups is 1. The van der Waals surface area contributed by atoms with Crippen LogP contribution in [-0.2, 0) is 9.53 Å². The van der Waals surface area contributed by atoms with Crippen molar-refractivity contribution in [2.24, 2.45) is 0 Å². The van der Waals surface area contributed by atoms with E-state index in [-0.39, 0.29) is 11.4 Å². The number of hydrogen-bond acceptors (Lipinski definition) is 2. The van der Waals surface area contributed by atoms with Crippen LogP contribution in [0.2, 0.25) is 0 Å². The molecule has 88 valence electrons. The molecule has 1 rings (SSSR count). The molecule has 1 aliphatic rings. The Morgan fingerprint density at radius 2 is 1.93 bits per heavy atom. The molecule has 2 heteroatoms. The highest BCUT2D eigenvalue weighted by atomic mass is 16.5. The van der Waals surface area contributed by atoms with Gasteiger partial charge in [0.05, 0.1) is 5.60 Å². The molecule has 0 aromatic carbocycles. The van der Waals surface area contributed by atoms with Gasteiger partial charge in [-0.1, -0.05) is 32.6 Å². The lowest BCUT2D eigenvalue weighted by molar-refractivity contribution is -0.130. The monoisotopic (exact) mass is 212 g/mol. The number of rotatable bonds is 7. The van der Waals surface area contributed by atoms with Gasteiger partial charge in [0, 0.05) is 6.42 Å². The first-order chi connectivity index (χ1) is 7.16. The lowest BCUT2D eigenvalue weighted by Crippen LogP contribution is -2.27. The van der Waals surface area contributed by atoms with Crippen LogP contribution in [0, 0.1) is 0 Å². The Kier molecular flexibility index (Phi) is 5.30. The molecule has 0 spiro atoms. The van der Waals surface area contributed by atoms with Gasteiger partial charge in [0.1, 0.15) is 6.61 Å². The molecule has 15 heavy (non-hydrogen) atoms. The Labute approximate surface area is 93.4 Å². The van der Waals surface area contributed by atoms with E-state index in [0.717, 1.165) is 25.7 Å². The minimum Gasteiger partial charge on any atom is -0.368 e. The molecule has 0 saturated heterocycles. The van der Waals surface area contributed by atoms with Crippen LogP contribution in [0.5, 0.6) is 0 Å². The Morgan fingerprint density at radius 1 is 1.27 bits per heavy atom. The summed E-state index contributed by atoms with van der Waals surface area (Å²) in [7, 11) is 0. The highest BCUT2D eigenvalue weighted by Gasteiger charge is 2.29. The largest absolute Gasteiger partial charge is 0.368 e. The van der Waals surface area contributed by atoms with Crippen LogP contribution in [0.3, 0.4) is 0 Å². The number of hydrogen-bond donors (Lipinski definition) is 0. The van der Waals surface area contributed by atoms with E-state index in [2.05, 4.69) is 13.8 Å². The van der Waals surface area contributed by atoms with E-state index in [1.807, 2.05) is 0 Å². The first-order valence-electron chi connectivity index (χ1n) is 6.32. The SMILES string of the molecule is CCCCCC(=O)COC1(C)CCCC1. The normalized spacial score (nSPS) is 19.3. The molecule has 1 fully saturated rings. The Hall–Kier alpha value is -0.370.